The maximum atomic E-state index is 5.95. The summed E-state index contributed by atoms with van der Waals surface area (Å²) in [7, 11) is 0. The predicted octanol–water partition coefficient (Wildman–Crippen LogP) is 3.63. The number of hydrazine groups is 1. The van der Waals surface area contributed by atoms with E-state index >= 15 is 0 Å². The van der Waals surface area contributed by atoms with Crippen LogP contribution < -0.4 is 16.0 Å². The topological polar surface area (TPSA) is 73.1 Å². The Kier molecular flexibility index (Phi) is 5.11. The average Bonchev–Trinajstić information content (AvgIpc) is 2.47. The van der Waals surface area contributed by atoms with Gasteiger partial charge in [-0.1, -0.05) is 39.0 Å². The van der Waals surface area contributed by atoms with Crippen molar-refractivity contribution in [2.24, 2.45) is 5.84 Å². The minimum absolute atomic E-state index is 0.380. The Labute approximate surface area is 125 Å². The number of nitrogens with zero attached hydrogens (tertiary/aromatic N) is 2. The van der Waals surface area contributed by atoms with Gasteiger partial charge >= 0.3 is 0 Å². The molecule has 0 aliphatic rings. The van der Waals surface area contributed by atoms with Gasteiger partial charge in [0, 0.05) is 12.5 Å². The molecule has 0 aliphatic heterocycles. The number of ether oxygens (including phenoxy) is 1. The van der Waals surface area contributed by atoms with E-state index < -0.39 is 0 Å². The highest BCUT2D eigenvalue weighted by Gasteiger charge is 2.10. The minimum Gasteiger partial charge on any atom is -0.439 e. The van der Waals surface area contributed by atoms with E-state index in [9.17, 15) is 0 Å². The van der Waals surface area contributed by atoms with Crippen molar-refractivity contribution >= 4 is 5.82 Å². The summed E-state index contributed by atoms with van der Waals surface area (Å²) in [6.45, 7) is 6.36. The molecule has 5 heteroatoms. The summed E-state index contributed by atoms with van der Waals surface area (Å²) in [5, 5.41) is 0. The molecule has 0 bridgehead atoms. The molecular formula is C16H22N4O. The second-order valence-electron chi connectivity index (χ2n) is 5.20. The van der Waals surface area contributed by atoms with Crippen LogP contribution in [0.1, 0.15) is 44.5 Å². The molecular weight excluding hydrogens is 264 g/mol. The molecule has 0 saturated heterocycles. The van der Waals surface area contributed by atoms with Crippen LogP contribution in [-0.4, -0.2) is 9.97 Å². The van der Waals surface area contributed by atoms with Gasteiger partial charge < -0.3 is 10.2 Å². The molecule has 1 aromatic heterocycles. The molecule has 0 saturated carbocycles. The summed E-state index contributed by atoms with van der Waals surface area (Å²) < 4.78 is 5.95. The van der Waals surface area contributed by atoms with Crippen LogP contribution in [0.2, 0.25) is 0 Å². The van der Waals surface area contributed by atoms with Crippen LogP contribution >= 0.6 is 0 Å². The zero-order chi connectivity index (χ0) is 15.2. The van der Waals surface area contributed by atoms with Crippen LogP contribution in [0.5, 0.6) is 11.6 Å². The SMILES string of the molecule is CCCc1nc(NN)cc(Oc2ccccc2C(C)C)n1. The summed E-state index contributed by atoms with van der Waals surface area (Å²) in [4.78, 5) is 8.75. The van der Waals surface area contributed by atoms with Crippen LogP contribution in [-0.2, 0) is 6.42 Å². The maximum absolute atomic E-state index is 5.95. The van der Waals surface area contributed by atoms with E-state index in [1.54, 1.807) is 6.07 Å². The van der Waals surface area contributed by atoms with E-state index in [4.69, 9.17) is 10.6 Å². The summed E-state index contributed by atoms with van der Waals surface area (Å²) >= 11 is 0. The lowest BCUT2D eigenvalue weighted by molar-refractivity contribution is 0.450. The van der Waals surface area contributed by atoms with Crippen LogP contribution in [0.15, 0.2) is 30.3 Å². The third-order valence-electron chi connectivity index (χ3n) is 3.13. The van der Waals surface area contributed by atoms with Gasteiger partial charge in [-0.15, -0.1) is 0 Å². The largest absolute Gasteiger partial charge is 0.439 e. The van der Waals surface area contributed by atoms with Crippen LogP contribution in [0.25, 0.3) is 0 Å². The van der Waals surface area contributed by atoms with E-state index in [0.717, 1.165) is 30.0 Å². The smallest absolute Gasteiger partial charge is 0.224 e. The van der Waals surface area contributed by atoms with Gasteiger partial charge in [0.15, 0.2) is 0 Å². The second-order valence-corrected chi connectivity index (χ2v) is 5.20. The predicted molar refractivity (Wildman–Crippen MR) is 84.4 cm³/mol. The van der Waals surface area contributed by atoms with Gasteiger partial charge in [0.1, 0.15) is 17.4 Å². The number of rotatable bonds is 6. The Morgan fingerprint density at radius 2 is 2.00 bits per heavy atom. The maximum Gasteiger partial charge on any atom is 0.224 e. The molecule has 2 rings (SSSR count). The Balaban J connectivity index is 2.32. The highest BCUT2D eigenvalue weighted by atomic mass is 16.5. The van der Waals surface area contributed by atoms with Gasteiger partial charge in [-0.2, -0.15) is 4.98 Å². The van der Waals surface area contributed by atoms with Gasteiger partial charge in [0.05, 0.1) is 0 Å². The molecule has 0 amide bonds. The summed E-state index contributed by atoms with van der Waals surface area (Å²) in [6.07, 6.45) is 1.76. The lowest BCUT2D eigenvalue weighted by Crippen LogP contribution is -2.11. The van der Waals surface area contributed by atoms with E-state index in [2.05, 4.69) is 42.2 Å². The molecule has 0 fully saturated rings. The van der Waals surface area contributed by atoms with Gasteiger partial charge in [0.2, 0.25) is 5.88 Å². The number of para-hydroxylation sites is 1. The molecule has 0 radical (unpaired) electrons. The van der Waals surface area contributed by atoms with E-state index in [0.29, 0.717) is 17.6 Å². The van der Waals surface area contributed by atoms with E-state index in [1.165, 1.54) is 0 Å². The first-order valence-electron chi connectivity index (χ1n) is 7.25. The van der Waals surface area contributed by atoms with Crippen molar-refractivity contribution in [2.75, 3.05) is 5.43 Å². The molecule has 1 aromatic carbocycles. The van der Waals surface area contributed by atoms with Crippen molar-refractivity contribution in [3.8, 4) is 11.6 Å². The lowest BCUT2D eigenvalue weighted by Gasteiger charge is -2.14. The van der Waals surface area contributed by atoms with Crippen molar-refractivity contribution in [1.82, 2.24) is 9.97 Å². The number of anilines is 1. The average molecular weight is 286 g/mol. The quantitative estimate of drug-likeness (QED) is 0.626. The lowest BCUT2D eigenvalue weighted by atomic mass is 10.0. The van der Waals surface area contributed by atoms with Crippen LogP contribution in [0.4, 0.5) is 5.82 Å². The summed E-state index contributed by atoms with van der Waals surface area (Å²) in [5.74, 6) is 8.45. The first kappa shape index (κ1) is 15.3. The third kappa shape index (κ3) is 3.92. The molecule has 1 heterocycles. The number of aryl methyl sites for hydroxylation is 1. The molecule has 0 aliphatic carbocycles. The van der Waals surface area contributed by atoms with E-state index in [-0.39, 0.29) is 0 Å². The number of nitrogens with two attached hydrogens (primary N) is 1. The fourth-order valence-corrected chi connectivity index (χ4v) is 2.10. The molecule has 112 valence electrons. The molecule has 2 aromatic rings. The molecule has 0 atom stereocenters. The first-order chi connectivity index (χ1) is 10.1. The number of hydrogen-bond acceptors (Lipinski definition) is 5. The Morgan fingerprint density at radius 1 is 1.24 bits per heavy atom. The van der Waals surface area contributed by atoms with Gasteiger partial charge in [-0.3, -0.25) is 0 Å². The molecule has 0 spiro atoms. The summed E-state index contributed by atoms with van der Waals surface area (Å²) in [6, 6.07) is 9.69. The number of nitrogen functional groups attached to an aromatic ring is 1. The number of aromatic nitrogens is 2. The zero-order valence-corrected chi connectivity index (χ0v) is 12.8. The number of hydrogen-bond donors (Lipinski definition) is 2. The first-order valence-corrected chi connectivity index (χ1v) is 7.25. The van der Waals surface area contributed by atoms with Crippen LogP contribution in [0.3, 0.4) is 0 Å². The van der Waals surface area contributed by atoms with Gasteiger partial charge in [-0.05, 0) is 24.0 Å². The fourth-order valence-electron chi connectivity index (χ4n) is 2.10. The molecule has 0 unspecified atom stereocenters. The van der Waals surface area contributed by atoms with Crippen molar-refractivity contribution in [3.63, 3.8) is 0 Å². The van der Waals surface area contributed by atoms with Crippen molar-refractivity contribution in [2.45, 2.75) is 39.5 Å². The van der Waals surface area contributed by atoms with Gasteiger partial charge in [-0.25, -0.2) is 10.8 Å². The molecule has 5 nitrogen and oxygen atoms in total. The summed E-state index contributed by atoms with van der Waals surface area (Å²) in [5.41, 5.74) is 3.71. The normalized spacial score (nSPS) is 10.7. The number of nitrogens with one attached hydrogen (secondary N) is 1. The highest BCUT2D eigenvalue weighted by molar-refractivity contribution is 5.42. The van der Waals surface area contributed by atoms with Crippen molar-refractivity contribution < 1.29 is 4.74 Å². The molecule has 3 N–H and O–H groups in total. The van der Waals surface area contributed by atoms with Crippen molar-refractivity contribution in [3.05, 3.63) is 41.7 Å². The Hall–Kier alpha value is -2.14. The van der Waals surface area contributed by atoms with Crippen LogP contribution in [0, 0.1) is 0 Å². The standard InChI is InChI=1S/C16H22N4O/c1-4-7-14-18-15(20-17)10-16(19-14)21-13-9-6-5-8-12(13)11(2)3/h5-6,8-11H,4,7,17H2,1-3H3,(H,18,19,20). The van der Waals surface area contributed by atoms with Crippen molar-refractivity contribution in [1.29, 1.82) is 0 Å². The third-order valence-corrected chi connectivity index (χ3v) is 3.13. The zero-order valence-electron chi connectivity index (χ0n) is 12.8. The van der Waals surface area contributed by atoms with E-state index in [1.807, 2.05) is 18.2 Å². The number of benzene rings is 1. The monoisotopic (exact) mass is 286 g/mol. The molecule has 21 heavy (non-hydrogen) atoms. The Morgan fingerprint density at radius 3 is 2.67 bits per heavy atom. The Bertz CT molecular complexity index is 599. The second kappa shape index (κ2) is 7.04. The minimum atomic E-state index is 0.380. The fraction of sp³-hybridized carbons (Fsp3) is 0.375. The van der Waals surface area contributed by atoms with Gasteiger partial charge in [0.25, 0.3) is 0 Å². The highest BCUT2D eigenvalue weighted by Crippen LogP contribution is 2.30.